The van der Waals surface area contributed by atoms with Crippen molar-refractivity contribution in [1.29, 1.82) is 0 Å². The van der Waals surface area contributed by atoms with Crippen molar-refractivity contribution >= 4 is 28.9 Å². The molecule has 4 heteroatoms. The smallest absolute Gasteiger partial charge is 0.227 e. The normalized spacial score (nSPS) is 29.8. The zero-order valence-electron chi connectivity index (χ0n) is 9.45. The summed E-state index contributed by atoms with van der Waals surface area (Å²) >= 11 is 6.04. The number of hydrogen-bond acceptors (Lipinski definition) is 2. The van der Waals surface area contributed by atoms with Gasteiger partial charge in [-0.3, -0.25) is 4.79 Å². The third kappa shape index (κ3) is 2.00. The lowest BCUT2D eigenvalue weighted by atomic mass is 10.0. The number of nitrogens with one attached hydrogen (secondary N) is 1. The minimum Gasteiger partial charge on any atom is -0.397 e. The van der Waals surface area contributed by atoms with Gasteiger partial charge in [-0.15, -0.1) is 0 Å². The number of nitrogens with two attached hydrogens (primary N) is 1. The highest BCUT2D eigenvalue weighted by Gasteiger charge is 2.48. The van der Waals surface area contributed by atoms with Gasteiger partial charge in [0.25, 0.3) is 0 Å². The van der Waals surface area contributed by atoms with E-state index >= 15 is 0 Å². The molecule has 3 N–H and O–H groups in total. The highest BCUT2D eigenvalue weighted by Crippen LogP contribution is 2.54. The van der Waals surface area contributed by atoms with Crippen molar-refractivity contribution < 1.29 is 4.79 Å². The van der Waals surface area contributed by atoms with Gasteiger partial charge in [0.2, 0.25) is 5.91 Å². The topological polar surface area (TPSA) is 55.1 Å². The number of carbonyl (C=O) groups is 1. The van der Waals surface area contributed by atoms with E-state index in [0.29, 0.717) is 16.4 Å². The first-order chi connectivity index (χ1) is 8.15. The van der Waals surface area contributed by atoms with E-state index in [1.165, 1.54) is 6.42 Å². The van der Waals surface area contributed by atoms with E-state index < -0.39 is 0 Å². The van der Waals surface area contributed by atoms with Gasteiger partial charge in [-0.25, -0.2) is 0 Å². The van der Waals surface area contributed by atoms with Gasteiger partial charge < -0.3 is 11.1 Å². The van der Waals surface area contributed by atoms with Crippen molar-refractivity contribution in [3.8, 4) is 0 Å². The molecule has 17 heavy (non-hydrogen) atoms. The number of amides is 1. The maximum absolute atomic E-state index is 12.0. The predicted molar refractivity (Wildman–Crippen MR) is 68.8 cm³/mol. The van der Waals surface area contributed by atoms with Crippen molar-refractivity contribution in [3.05, 3.63) is 23.2 Å². The molecular formula is C13H15ClN2O. The summed E-state index contributed by atoms with van der Waals surface area (Å²) in [7, 11) is 0. The lowest BCUT2D eigenvalue weighted by Gasteiger charge is -2.13. The van der Waals surface area contributed by atoms with Crippen molar-refractivity contribution in [2.24, 2.45) is 17.8 Å². The second-order valence-electron chi connectivity index (χ2n) is 5.12. The molecule has 2 aliphatic carbocycles. The summed E-state index contributed by atoms with van der Waals surface area (Å²) in [6.07, 6.45) is 3.40. The Morgan fingerprint density at radius 1 is 1.29 bits per heavy atom. The first-order valence-corrected chi connectivity index (χ1v) is 6.38. The van der Waals surface area contributed by atoms with Crippen LogP contribution >= 0.6 is 11.6 Å². The number of hydrogen-bond donors (Lipinski definition) is 2. The fourth-order valence-electron chi connectivity index (χ4n) is 2.81. The summed E-state index contributed by atoms with van der Waals surface area (Å²) in [4.78, 5) is 12.0. The molecule has 0 spiro atoms. The van der Waals surface area contributed by atoms with Crippen molar-refractivity contribution in [2.75, 3.05) is 11.1 Å². The maximum Gasteiger partial charge on any atom is 0.227 e. The van der Waals surface area contributed by atoms with Crippen LogP contribution in [0, 0.1) is 17.8 Å². The molecule has 2 unspecified atom stereocenters. The lowest BCUT2D eigenvalue weighted by molar-refractivity contribution is -0.120. The predicted octanol–water partition coefficient (Wildman–Crippen LogP) is 2.91. The van der Waals surface area contributed by atoms with Crippen molar-refractivity contribution in [1.82, 2.24) is 0 Å². The summed E-state index contributed by atoms with van der Waals surface area (Å²) in [5.74, 6) is 1.87. The fraction of sp³-hybridized carbons (Fsp3) is 0.462. The van der Waals surface area contributed by atoms with E-state index in [1.54, 1.807) is 18.2 Å². The largest absolute Gasteiger partial charge is 0.397 e. The van der Waals surface area contributed by atoms with E-state index in [4.69, 9.17) is 17.3 Å². The number of benzene rings is 1. The fourth-order valence-corrected chi connectivity index (χ4v) is 2.98. The quantitative estimate of drug-likeness (QED) is 0.793. The van der Waals surface area contributed by atoms with Crippen LogP contribution in [0.5, 0.6) is 0 Å². The Hall–Kier alpha value is -1.22. The Labute approximate surface area is 105 Å². The summed E-state index contributed by atoms with van der Waals surface area (Å²) in [5.41, 5.74) is 6.82. The lowest BCUT2D eigenvalue weighted by Crippen LogP contribution is -2.21. The van der Waals surface area contributed by atoms with Crippen LogP contribution in [-0.4, -0.2) is 5.91 Å². The molecule has 0 heterocycles. The van der Waals surface area contributed by atoms with Gasteiger partial charge >= 0.3 is 0 Å². The second-order valence-corrected chi connectivity index (χ2v) is 5.50. The van der Waals surface area contributed by atoms with Gasteiger partial charge in [0.05, 0.1) is 16.4 Å². The van der Waals surface area contributed by atoms with Crippen LogP contribution < -0.4 is 11.1 Å². The molecule has 0 aliphatic heterocycles. The third-order valence-electron chi connectivity index (χ3n) is 3.90. The summed E-state index contributed by atoms with van der Waals surface area (Å²) in [6, 6.07) is 5.30. The van der Waals surface area contributed by atoms with Gasteiger partial charge in [0.1, 0.15) is 0 Å². The van der Waals surface area contributed by atoms with Crippen LogP contribution in [-0.2, 0) is 4.79 Å². The summed E-state index contributed by atoms with van der Waals surface area (Å²) in [6.45, 7) is 0. The molecule has 1 amide bonds. The Morgan fingerprint density at radius 2 is 2.00 bits per heavy atom. The van der Waals surface area contributed by atoms with Crippen molar-refractivity contribution in [3.63, 3.8) is 0 Å². The highest BCUT2D eigenvalue weighted by molar-refractivity contribution is 6.36. The molecular weight excluding hydrogens is 236 g/mol. The van der Waals surface area contributed by atoms with E-state index in [1.807, 2.05) is 0 Å². The van der Waals surface area contributed by atoms with E-state index in [-0.39, 0.29) is 11.8 Å². The molecule has 0 aromatic heterocycles. The van der Waals surface area contributed by atoms with Gasteiger partial charge in [-0.05, 0) is 43.2 Å². The molecule has 2 saturated carbocycles. The molecule has 1 aromatic rings. The highest BCUT2D eigenvalue weighted by atomic mass is 35.5. The number of carbonyl (C=O) groups excluding carboxylic acids is 1. The molecule has 3 rings (SSSR count). The van der Waals surface area contributed by atoms with Crippen molar-refractivity contribution in [2.45, 2.75) is 19.3 Å². The number of rotatable bonds is 2. The number of fused-ring (bicyclic) bond motifs is 1. The monoisotopic (exact) mass is 250 g/mol. The Morgan fingerprint density at radius 3 is 2.71 bits per heavy atom. The Balaban J connectivity index is 1.69. The molecule has 2 atom stereocenters. The van der Waals surface area contributed by atoms with Gasteiger partial charge in [0.15, 0.2) is 0 Å². The average molecular weight is 251 g/mol. The summed E-state index contributed by atoms with van der Waals surface area (Å²) in [5, 5.41) is 3.32. The van der Waals surface area contributed by atoms with E-state index in [2.05, 4.69) is 5.32 Å². The van der Waals surface area contributed by atoms with Crippen LogP contribution in [0.1, 0.15) is 19.3 Å². The molecule has 0 saturated heterocycles. The molecule has 90 valence electrons. The Bertz CT molecular complexity index is 464. The SMILES string of the molecule is Nc1cccc(NC(=O)C2CC3CC3C2)c1Cl. The van der Waals surface area contributed by atoms with Crippen LogP contribution in [0.15, 0.2) is 18.2 Å². The van der Waals surface area contributed by atoms with Gasteiger partial charge in [-0.1, -0.05) is 17.7 Å². The van der Waals surface area contributed by atoms with E-state index in [9.17, 15) is 4.79 Å². The van der Waals surface area contributed by atoms with Crippen LogP contribution in [0.2, 0.25) is 5.02 Å². The van der Waals surface area contributed by atoms with Crippen LogP contribution in [0.4, 0.5) is 11.4 Å². The van der Waals surface area contributed by atoms with Crippen LogP contribution in [0.25, 0.3) is 0 Å². The summed E-state index contributed by atoms with van der Waals surface area (Å²) < 4.78 is 0. The van der Waals surface area contributed by atoms with Gasteiger partial charge in [0, 0.05) is 5.92 Å². The molecule has 0 bridgehead atoms. The first-order valence-electron chi connectivity index (χ1n) is 6.00. The molecule has 2 aliphatic rings. The zero-order chi connectivity index (χ0) is 12.0. The maximum atomic E-state index is 12.0. The molecule has 1 aromatic carbocycles. The molecule has 0 radical (unpaired) electrons. The average Bonchev–Trinajstić information content (AvgIpc) is 2.92. The number of anilines is 2. The van der Waals surface area contributed by atoms with E-state index in [0.717, 1.165) is 24.7 Å². The number of halogens is 1. The molecule has 3 nitrogen and oxygen atoms in total. The molecule has 2 fully saturated rings. The number of nitrogen functional groups attached to an aromatic ring is 1. The second kappa shape index (κ2) is 3.91. The zero-order valence-corrected chi connectivity index (χ0v) is 10.2. The third-order valence-corrected chi connectivity index (χ3v) is 4.32. The minimum atomic E-state index is 0.0877. The minimum absolute atomic E-state index is 0.0877. The standard InChI is InChI=1S/C13H15ClN2O/c14-12-10(15)2-1-3-11(12)16-13(17)9-5-7-4-8(7)6-9/h1-3,7-9H,4-6,15H2,(H,16,17). The van der Waals surface area contributed by atoms with Gasteiger partial charge in [-0.2, -0.15) is 0 Å². The Kier molecular flexibility index (Phi) is 2.51. The van der Waals surface area contributed by atoms with Crippen LogP contribution in [0.3, 0.4) is 0 Å². The first kappa shape index (κ1) is 10.9.